The molecule has 0 aliphatic carbocycles. The summed E-state index contributed by atoms with van der Waals surface area (Å²) >= 11 is 0. The van der Waals surface area contributed by atoms with Crippen LogP contribution < -0.4 is 5.32 Å². The fourth-order valence-electron chi connectivity index (χ4n) is 4.46. The van der Waals surface area contributed by atoms with Gasteiger partial charge in [0.05, 0.1) is 6.04 Å². The molecule has 0 saturated carbocycles. The minimum Gasteiger partial charge on any atom is -0.338 e. The fraction of sp³-hybridized carbons (Fsp3) is 0.458. The lowest BCUT2D eigenvalue weighted by molar-refractivity contribution is 0.175. The van der Waals surface area contributed by atoms with Crippen molar-refractivity contribution in [3.05, 3.63) is 48.4 Å². The van der Waals surface area contributed by atoms with Gasteiger partial charge in [-0.05, 0) is 74.7 Å². The highest BCUT2D eigenvalue weighted by Gasteiger charge is 2.20. The van der Waals surface area contributed by atoms with Gasteiger partial charge in [0.25, 0.3) is 0 Å². The number of nitrogens with one attached hydrogen (secondary N) is 1. The van der Waals surface area contributed by atoms with Crippen LogP contribution >= 0.6 is 0 Å². The molecule has 9 heteroatoms. The summed E-state index contributed by atoms with van der Waals surface area (Å²) in [5, 5.41) is 20.8. The Morgan fingerprint density at radius 2 is 2.00 bits per heavy atom. The van der Waals surface area contributed by atoms with E-state index < -0.39 is 0 Å². The molecule has 0 atom stereocenters. The summed E-state index contributed by atoms with van der Waals surface area (Å²) in [6.07, 6.45) is 7.46. The molecule has 0 unspecified atom stereocenters. The molecule has 4 heterocycles. The molecule has 0 spiro atoms. The Morgan fingerprint density at radius 3 is 2.76 bits per heavy atom. The second kappa shape index (κ2) is 9.27. The zero-order valence-electron chi connectivity index (χ0n) is 19.5. The van der Waals surface area contributed by atoms with Crippen molar-refractivity contribution in [1.82, 2.24) is 39.7 Å². The number of anilines is 2. The van der Waals surface area contributed by atoms with E-state index in [2.05, 4.69) is 48.7 Å². The third kappa shape index (κ3) is 4.59. The Labute approximate surface area is 193 Å². The summed E-state index contributed by atoms with van der Waals surface area (Å²) in [6.45, 7) is 9.58. The van der Waals surface area contributed by atoms with Gasteiger partial charge in [0.15, 0.2) is 5.82 Å². The Kier molecular flexibility index (Phi) is 6.04. The first kappa shape index (κ1) is 21.5. The molecule has 0 radical (unpaired) electrons. The number of aromatic nitrogens is 7. The van der Waals surface area contributed by atoms with Gasteiger partial charge in [0.2, 0.25) is 5.82 Å². The third-order valence-electron chi connectivity index (χ3n) is 6.49. The number of likely N-dealkylation sites (tertiary alicyclic amines) is 1. The highest BCUT2D eigenvalue weighted by molar-refractivity contribution is 5.77. The van der Waals surface area contributed by atoms with Crippen LogP contribution in [0, 0.1) is 5.92 Å². The highest BCUT2D eigenvalue weighted by Crippen LogP contribution is 2.28. The number of benzene rings is 1. The van der Waals surface area contributed by atoms with Crippen molar-refractivity contribution in [3.8, 4) is 11.4 Å². The smallest absolute Gasteiger partial charge is 0.205 e. The fourth-order valence-corrected chi connectivity index (χ4v) is 4.46. The molecule has 1 aliphatic heterocycles. The van der Waals surface area contributed by atoms with Gasteiger partial charge in [-0.1, -0.05) is 25.5 Å². The molecular weight excluding hydrogens is 414 g/mol. The van der Waals surface area contributed by atoms with Crippen LogP contribution in [-0.4, -0.2) is 52.8 Å². The summed E-state index contributed by atoms with van der Waals surface area (Å²) in [5.74, 6) is 2.28. The van der Waals surface area contributed by atoms with Crippen LogP contribution in [0.3, 0.4) is 0 Å². The lowest BCUT2D eigenvalue weighted by Gasteiger charge is -2.31. The van der Waals surface area contributed by atoms with Gasteiger partial charge < -0.3 is 5.32 Å². The maximum Gasteiger partial charge on any atom is 0.205 e. The number of piperidine rings is 1. The second-order valence-corrected chi connectivity index (χ2v) is 9.10. The van der Waals surface area contributed by atoms with Gasteiger partial charge in [0.1, 0.15) is 11.8 Å². The summed E-state index contributed by atoms with van der Waals surface area (Å²) in [5.41, 5.74) is 4.09. The Bertz CT molecular complexity index is 1220. The maximum absolute atomic E-state index is 4.57. The number of hydrogen-bond acceptors (Lipinski definition) is 7. The first-order valence-corrected chi connectivity index (χ1v) is 11.8. The quantitative estimate of drug-likeness (QED) is 0.453. The van der Waals surface area contributed by atoms with Gasteiger partial charge in [-0.25, -0.2) is 9.50 Å². The van der Waals surface area contributed by atoms with E-state index in [0.29, 0.717) is 5.82 Å². The molecule has 9 nitrogen and oxygen atoms in total. The van der Waals surface area contributed by atoms with Crippen molar-refractivity contribution < 1.29 is 0 Å². The molecule has 0 amide bonds. The van der Waals surface area contributed by atoms with E-state index in [1.54, 1.807) is 11.1 Å². The lowest BCUT2D eigenvalue weighted by atomic mass is 9.94. The molecule has 4 aromatic rings. The van der Waals surface area contributed by atoms with Crippen molar-refractivity contribution >= 4 is 17.0 Å². The Hall–Kier alpha value is -3.33. The van der Waals surface area contributed by atoms with Crippen LogP contribution in [0.25, 0.3) is 16.9 Å². The van der Waals surface area contributed by atoms with Crippen molar-refractivity contribution in [2.45, 2.75) is 52.6 Å². The van der Waals surface area contributed by atoms with E-state index in [0.717, 1.165) is 48.1 Å². The molecule has 1 saturated heterocycles. The molecule has 1 aromatic carbocycles. The molecule has 3 aromatic heterocycles. The monoisotopic (exact) mass is 445 g/mol. The molecule has 0 bridgehead atoms. The van der Waals surface area contributed by atoms with E-state index in [1.165, 1.54) is 24.8 Å². The molecule has 1 N–H and O–H groups in total. The average molecular weight is 446 g/mol. The second-order valence-electron chi connectivity index (χ2n) is 9.10. The number of hydrogen-bond donors (Lipinski definition) is 1. The van der Waals surface area contributed by atoms with Crippen molar-refractivity contribution in [2.75, 3.05) is 18.4 Å². The van der Waals surface area contributed by atoms with E-state index in [1.807, 2.05) is 48.8 Å². The Morgan fingerprint density at radius 1 is 1.15 bits per heavy atom. The van der Waals surface area contributed by atoms with Gasteiger partial charge in [-0.2, -0.15) is 9.90 Å². The zero-order chi connectivity index (χ0) is 22.8. The van der Waals surface area contributed by atoms with Crippen LogP contribution in [0.1, 0.15) is 51.6 Å². The van der Waals surface area contributed by atoms with Gasteiger partial charge in [0, 0.05) is 24.0 Å². The van der Waals surface area contributed by atoms with Crippen LogP contribution in [0.5, 0.6) is 0 Å². The predicted octanol–water partition coefficient (Wildman–Crippen LogP) is 4.33. The first-order valence-electron chi connectivity index (χ1n) is 11.8. The standard InChI is InChI=1S/C24H31N9/c1-4-18-8-11-31(12-9-18)15-20-10-13-32-22(20)24(25-16-26-32)27-21-7-5-6-19(14-21)23-28-30-33(29-23)17(2)3/h5-7,10,13-14,16-18H,4,8-9,11-12,15H2,1-3H3,(H,25,26,27). The first-order chi connectivity index (χ1) is 16.1. The normalized spacial score (nSPS) is 15.5. The zero-order valence-corrected chi connectivity index (χ0v) is 19.5. The molecule has 1 aliphatic rings. The van der Waals surface area contributed by atoms with E-state index in [9.17, 15) is 0 Å². The topological polar surface area (TPSA) is 89.1 Å². The number of tetrazole rings is 1. The summed E-state index contributed by atoms with van der Waals surface area (Å²) in [6, 6.07) is 10.4. The number of rotatable bonds is 7. The van der Waals surface area contributed by atoms with Crippen molar-refractivity contribution in [2.24, 2.45) is 5.92 Å². The van der Waals surface area contributed by atoms with Crippen LogP contribution in [0.2, 0.25) is 0 Å². The number of nitrogens with zero attached hydrogens (tertiary/aromatic N) is 8. The minimum atomic E-state index is 0.169. The summed E-state index contributed by atoms with van der Waals surface area (Å²) < 4.78 is 1.91. The van der Waals surface area contributed by atoms with Crippen LogP contribution in [0.4, 0.5) is 11.5 Å². The van der Waals surface area contributed by atoms with Gasteiger partial charge >= 0.3 is 0 Å². The van der Waals surface area contributed by atoms with E-state index in [4.69, 9.17) is 0 Å². The average Bonchev–Trinajstić information content (AvgIpc) is 3.49. The molecule has 33 heavy (non-hydrogen) atoms. The van der Waals surface area contributed by atoms with E-state index >= 15 is 0 Å². The molecule has 5 rings (SSSR count). The van der Waals surface area contributed by atoms with E-state index in [-0.39, 0.29) is 6.04 Å². The van der Waals surface area contributed by atoms with Crippen LogP contribution in [0.15, 0.2) is 42.9 Å². The molecule has 1 fully saturated rings. The summed E-state index contributed by atoms with van der Waals surface area (Å²) in [4.78, 5) is 8.74. The van der Waals surface area contributed by atoms with Crippen LogP contribution in [-0.2, 0) is 6.54 Å². The SMILES string of the molecule is CCC1CCN(Cc2ccn3ncnc(Nc4cccc(-c5nnn(C(C)C)n5)c4)c23)CC1. The van der Waals surface area contributed by atoms with Crippen molar-refractivity contribution in [1.29, 1.82) is 0 Å². The highest BCUT2D eigenvalue weighted by atomic mass is 15.6. The van der Waals surface area contributed by atoms with Crippen molar-refractivity contribution in [3.63, 3.8) is 0 Å². The summed E-state index contributed by atoms with van der Waals surface area (Å²) in [7, 11) is 0. The lowest BCUT2D eigenvalue weighted by Crippen LogP contribution is -2.33. The number of fused-ring (bicyclic) bond motifs is 1. The molecule has 172 valence electrons. The predicted molar refractivity (Wildman–Crippen MR) is 128 cm³/mol. The largest absolute Gasteiger partial charge is 0.338 e. The van der Waals surface area contributed by atoms with Gasteiger partial charge in [-0.15, -0.1) is 10.2 Å². The molecular formula is C24H31N9. The van der Waals surface area contributed by atoms with Gasteiger partial charge in [-0.3, -0.25) is 4.90 Å². The third-order valence-corrected chi connectivity index (χ3v) is 6.49. The maximum atomic E-state index is 4.57. The Balaban J connectivity index is 1.39. The minimum absolute atomic E-state index is 0.169.